The molecule has 0 saturated heterocycles. The van der Waals surface area contributed by atoms with Crippen molar-refractivity contribution in [2.24, 2.45) is 0 Å². The molecule has 0 saturated carbocycles. The summed E-state index contributed by atoms with van der Waals surface area (Å²) in [4.78, 5) is 16.4. The zero-order valence-corrected chi connectivity index (χ0v) is 17.0. The average molecular weight is 416 g/mol. The highest BCUT2D eigenvalue weighted by Gasteiger charge is 2.18. The molecule has 0 spiro atoms. The van der Waals surface area contributed by atoms with E-state index < -0.39 is 23.6 Å². The van der Waals surface area contributed by atoms with E-state index in [0.717, 1.165) is 6.26 Å². The van der Waals surface area contributed by atoms with E-state index in [-0.39, 0.29) is 23.4 Å². The number of benzene rings is 2. The Morgan fingerprint density at radius 3 is 2.43 bits per heavy atom. The second-order valence-electron chi connectivity index (χ2n) is 7.05. The maximum absolute atomic E-state index is 13.8. The highest BCUT2D eigenvalue weighted by Crippen LogP contribution is 2.26. The summed E-state index contributed by atoms with van der Waals surface area (Å²) in [5, 5.41) is 2.62. The molecule has 0 radical (unpaired) electrons. The van der Waals surface area contributed by atoms with E-state index in [4.69, 9.17) is 13.9 Å². The van der Waals surface area contributed by atoms with Crippen LogP contribution in [0.1, 0.15) is 48.4 Å². The maximum atomic E-state index is 13.8. The van der Waals surface area contributed by atoms with Gasteiger partial charge in [0.2, 0.25) is 0 Å². The van der Waals surface area contributed by atoms with Crippen LogP contribution in [0.5, 0.6) is 17.6 Å². The normalized spacial score (nSPS) is 12.0. The summed E-state index contributed by atoms with van der Waals surface area (Å²) in [6.45, 7) is 6.78. The third-order valence-electron chi connectivity index (χ3n) is 4.25. The monoisotopic (exact) mass is 416 g/mol. The number of halogens is 2. The molecule has 0 bridgehead atoms. The van der Waals surface area contributed by atoms with Crippen molar-refractivity contribution in [1.82, 2.24) is 10.3 Å². The molecule has 0 fully saturated rings. The van der Waals surface area contributed by atoms with Gasteiger partial charge >= 0.3 is 6.08 Å². The molecule has 0 aliphatic rings. The van der Waals surface area contributed by atoms with Crippen LogP contribution in [0.15, 0.2) is 47.1 Å². The summed E-state index contributed by atoms with van der Waals surface area (Å²) >= 11 is 0. The molecule has 3 rings (SSSR count). The predicted octanol–water partition coefficient (Wildman–Crippen LogP) is 5.33. The molecule has 1 atom stereocenters. The number of carbonyl (C=O) groups is 1. The van der Waals surface area contributed by atoms with Gasteiger partial charge in [0.05, 0.1) is 12.1 Å². The molecule has 6 nitrogen and oxygen atoms in total. The highest BCUT2D eigenvalue weighted by molar-refractivity contribution is 5.92. The van der Waals surface area contributed by atoms with Gasteiger partial charge in [-0.15, -0.1) is 0 Å². The number of hydrogen-bond donors (Lipinski definition) is 1. The average Bonchev–Trinajstić information content (AvgIpc) is 3.14. The Balaban J connectivity index is 1.66. The lowest BCUT2D eigenvalue weighted by Gasteiger charge is -2.14. The lowest BCUT2D eigenvalue weighted by molar-refractivity contribution is 0.0934. The first-order valence-electron chi connectivity index (χ1n) is 9.39. The number of carbonyl (C=O) groups excluding carboxylic acids is 1. The van der Waals surface area contributed by atoms with Crippen molar-refractivity contribution in [3.8, 4) is 17.6 Å². The quantitative estimate of drug-likeness (QED) is 0.563. The van der Waals surface area contributed by atoms with E-state index in [0.29, 0.717) is 17.1 Å². The van der Waals surface area contributed by atoms with Gasteiger partial charge in [0, 0.05) is 11.6 Å². The Labute approximate surface area is 172 Å². The predicted molar refractivity (Wildman–Crippen MR) is 106 cm³/mol. The smallest absolute Gasteiger partial charge is 0.399 e. The van der Waals surface area contributed by atoms with E-state index in [1.807, 2.05) is 13.8 Å². The number of nitrogens with one attached hydrogen (secondary N) is 1. The van der Waals surface area contributed by atoms with Gasteiger partial charge in [-0.25, -0.2) is 8.78 Å². The van der Waals surface area contributed by atoms with Crippen molar-refractivity contribution in [1.29, 1.82) is 0 Å². The fourth-order valence-corrected chi connectivity index (χ4v) is 2.66. The summed E-state index contributed by atoms with van der Waals surface area (Å²) in [6.07, 6.45) is 1.03. The highest BCUT2D eigenvalue weighted by atomic mass is 19.1. The van der Waals surface area contributed by atoms with Gasteiger partial charge in [-0.2, -0.15) is 4.98 Å². The molecule has 1 amide bonds. The summed E-state index contributed by atoms with van der Waals surface area (Å²) in [6, 6.07) is 8.64. The van der Waals surface area contributed by atoms with Gasteiger partial charge in [0.25, 0.3) is 5.91 Å². The molecule has 2 aromatic carbocycles. The number of hydrogen-bond acceptors (Lipinski definition) is 5. The van der Waals surface area contributed by atoms with Gasteiger partial charge in [-0.3, -0.25) is 4.79 Å². The van der Waals surface area contributed by atoms with Crippen LogP contribution in [-0.2, 0) is 0 Å². The van der Waals surface area contributed by atoms with Crippen molar-refractivity contribution >= 4 is 5.91 Å². The van der Waals surface area contributed by atoms with E-state index in [2.05, 4.69) is 10.3 Å². The lowest BCUT2D eigenvalue weighted by Crippen LogP contribution is -2.27. The van der Waals surface area contributed by atoms with Crippen LogP contribution < -0.4 is 14.8 Å². The Morgan fingerprint density at radius 1 is 1.10 bits per heavy atom. The van der Waals surface area contributed by atoms with E-state index >= 15 is 0 Å². The van der Waals surface area contributed by atoms with Crippen LogP contribution >= 0.6 is 0 Å². The molecule has 30 heavy (non-hydrogen) atoms. The minimum absolute atomic E-state index is 0.00903. The number of rotatable bonds is 7. The fourth-order valence-electron chi connectivity index (χ4n) is 2.66. The summed E-state index contributed by atoms with van der Waals surface area (Å²) in [7, 11) is 0. The van der Waals surface area contributed by atoms with Crippen LogP contribution in [0, 0.1) is 18.6 Å². The minimum atomic E-state index is -0.674. The number of aromatic nitrogens is 1. The van der Waals surface area contributed by atoms with Crippen LogP contribution in [0.4, 0.5) is 8.78 Å². The van der Waals surface area contributed by atoms with Crippen molar-refractivity contribution in [2.45, 2.75) is 39.8 Å². The molecule has 1 aromatic heterocycles. The standard InChI is InChI=1S/C22H22F2N2O4/c1-12(2)29-16-6-5-7-17(10-16)30-22-26-20(11-28-22)21(27)25-14(4)15-8-18(23)13(3)19(24)9-15/h5-12,14H,1-4H3,(H,25,27)/t14-/m1/s1. The lowest BCUT2D eigenvalue weighted by atomic mass is 10.1. The van der Waals surface area contributed by atoms with E-state index in [9.17, 15) is 13.6 Å². The molecule has 3 aromatic rings. The molecular weight excluding hydrogens is 394 g/mol. The number of ether oxygens (including phenoxy) is 2. The van der Waals surface area contributed by atoms with Crippen molar-refractivity contribution < 1.29 is 27.5 Å². The first-order valence-corrected chi connectivity index (χ1v) is 9.39. The third-order valence-corrected chi connectivity index (χ3v) is 4.25. The van der Waals surface area contributed by atoms with Crippen molar-refractivity contribution in [2.75, 3.05) is 0 Å². The van der Waals surface area contributed by atoms with E-state index in [1.165, 1.54) is 19.1 Å². The van der Waals surface area contributed by atoms with Gasteiger partial charge in [0.15, 0.2) is 5.69 Å². The fraction of sp³-hybridized carbons (Fsp3) is 0.273. The molecule has 1 N–H and O–H groups in total. The Kier molecular flexibility index (Phi) is 6.34. The van der Waals surface area contributed by atoms with Gasteiger partial charge in [0.1, 0.15) is 29.4 Å². The van der Waals surface area contributed by atoms with E-state index in [1.54, 1.807) is 31.2 Å². The molecule has 0 aliphatic heterocycles. The summed E-state index contributed by atoms with van der Waals surface area (Å²) < 4.78 is 43.9. The maximum Gasteiger partial charge on any atom is 0.399 e. The Bertz CT molecular complexity index is 1030. The van der Waals surface area contributed by atoms with Crippen LogP contribution in [0.2, 0.25) is 0 Å². The number of nitrogens with zero attached hydrogens (tertiary/aromatic N) is 1. The van der Waals surface area contributed by atoms with Gasteiger partial charge < -0.3 is 19.2 Å². The van der Waals surface area contributed by atoms with Gasteiger partial charge in [-0.05, 0) is 57.5 Å². The number of amides is 1. The summed E-state index contributed by atoms with van der Waals surface area (Å²) in [5.41, 5.74) is 0.198. The number of oxazole rings is 1. The van der Waals surface area contributed by atoms with Crippen LogP contribution in [0.3, 0.4) is 0 Å². The molecule has 1 heterocycles. The minimum Gasteiger partial charge on any atom is -0.491 e. The third kappa shape index (κ3) is 5.14. The Morgan fingerprint density at radius 2 is 1.77 bits per heavy atom. The molecule has 8 heteroatoms. The second kappa shape index (κ2) is 8.94. The molecular formula is C22H22F2N2O4. The molecule has 158 valence electrons. The topological polar surface area (TPSA) is 73.6 Å². The molecule has 0 unspecified atom stereocenters. The SMILES string of the molecule is Cc1c(F)cc([C@@H](C)NC(=O)c2coc(Oc3cccc(OC(C)C)c3)n2)cc1F. The largest absolute Gasteiger partial charge is 0.491 e. The van der Waals surface area contributed by atoms with Crippen LogP contribution in [0.25, 0.3) is 0 Å². The Hall–Kier alpha value is -3.42. The second-order valence-corrected chi connectivity index (χ2v) is 7.05. The first-order chi connectivity index (χ1) is 14.2. The van der Waals surface area contributed by atoms with Crippen LogP contribution in [-0.4, -0.2) is 17.0 Å². The van der Waals surface area contributed by atoms with Crippen molar-refractivity contribution in [3.05, 3.63) is 71.1 Å². The zero-order chi connectivity index (χ0) is 21.8. The summed E-state index contributed by atoms with van der Waals surface area (Å²) in [5.74, 6) is -0.863. The van der Waals surface area contributed by atoms with Gasteiger partial charge in [-0.1, -0.05) is 6.07 Å². The molecule has 0 aliphatic carbocycles. The first kappa shape index (κ1) is 21.3. The van der Waals surface area contributed by atoms with Crippen molar-refractivity contribution in [3.63, 3.8) is 0 Å². The zero-order valence-electron chi connectivity index (χ0n) is 17.0.